The largest absolute Gasteiger partial charge is 0.508 e. The molecule has 0 fully saturated rings. The van der Waals surface area contributed by atoms with Crippen LogP contribution < -0.4 is 10.6 Å². The molecule has 0 spiro atoms. The second kappa shape index (κ2) is 10.1. The molecule has 0 saturated carbocycles. The SMILES string of the molecule is CCCCCCCCNC(=O)NCc1ccc(O)cc1. The molecule has 2 amide bonds. The van der Waals surface area contributed by atoms with Crippen molar-refractivity contribution in [1.82, 2.24) is 10.6 Å². The number of hydrogen-bond acceptors (Lipinski definition) is 2. The number of unbranched alkanes of at least 4 members (excludes halogenated alkanes) is 5. The Morgan fingerprint density at radius 1 is 1.00 bits per heavy atom. The zero-order valence-corrected chi connectivity index (χ0v) is 12.3. The van der Waals surface area contributed by atoms with Gasteiger partial charge in [0, 0.05) is 13.1 Å². The molecule has 112 valence electrons. The summed E-state index contributed by atoms with van der Waals surface area (Å²) in [6.07, 6.45) is 7.33. The van der Waals surface area contributed by atoms with Crippen molar-refractivity contribution in [2.24, 2.45) is 0 Å². The van der Waals surface area contributed by atoms with Crippen LogP contribution in [0.3, 0.4) is 0 Å². The minimum absolute atomic E-state index is 0.133. The standard InChI is InChI=1S/C16H26N2O2/c1-2-3-4-5-6-7-12-17-16(20)18-13-14-8-10-15(19)11-9-14/h8-11,19H,2-7,12-13H2,1H3,(H2,17,18,20). The summed E-state index contributed by atoms with van der Waals surface area (Å²) in [4.78, 5) is 11.5. The van der Waals surface area contributed by atoms with E-state index in [4.69, 9.17) is 5.11 Å². The van der Waals surface area contributed by atoms with Gasteiger partial charge in [0.15, 0.2) is 0 Å². The van der Waals surface area contributed by atoms with Gasteiger partial charge in [-0.3, -0.25) is 0 Å². The van der Waals surface area contributed by atoms with Crippen molar-refractivity contribution in [3.05, 3.63) is 29.8 Å². The highest BCUT2D eigenvalue weighted by molar-refractivity contribution is 5.73. The zero-order chi connectivity index (χ0) is 14.6. The highest BCUT2D eigenvalue weighted by Crippen LogP contribution is 2.09. The summed E-state index contributed by atoms with van der Waals surface area (Å²) >= 11 is 0. The lowest BCUT2D eigenvalue weighted by molar-refractivity contribution is 0.240. The minimum Gasteiger partial charge on any atom is -0.508 e. The second-order valence-corrected chi connectivity index (χ2v) is 5.04. The van der Waals surface area contributed by atoms with Crippen molar-refractivity contribution in [3.63, 3.8) is 0 Å². The first-order chi connectivity index (χ1) is 9.72. The highest BCUT2D eigenvalue weighted by Gasteiger charge is 2.00. The van der Waals surface area contributed by atoms with E-state index in [1.165, 1.54) is 32.1 Å². The van der Waals surface area contributed by atoms with E-state index in [0.29, 0.717) is 6.54 Å². The number of urea groups is 1. The summed E-state index contributed by atoms with van der Waals surface area (Å²) < 4.78 is 0. The number of benzene rings is 1. The van der Waals surface area contributed by atoms with Gasteiger partial charge in [0.05, 0.1) is 0 Å². The fraction of sp³-hybridized carbons (Fsp3) is 0.562. The number of phenols is 1. The summed E-state index contributed by atoms with van der Waals surface area (Å²) in [7, 11) is 0. The number of aromatic hydroxyl groups is 1. The van der Waals surface area contributed by atoms with E-state index in [0.717, 1.165) is 18.5 Å². The van der Waals surface area contributed by atoms with Crippen molar-refractivity contribution in [2.75, 3.05) is 6.54 Å². The van der Waals surface area contributed by atoms with Gasteiger partial charge < -0.3 is 15.7 Å². The quantitative estimate of drug-likeness (QED) is 0.605. The molecule has 4 heteroatoms. The van der Waals surface area contributed by atoms with Crippen LogP contribution in [0.5, 0.6) is 5.75 Å². The van der Waals surface area contributed by atoms with Crippen LogP contribution >= 0.6 is 0 Å². The monoisotopic (exact) mass is 278 g/mol. The van der Waals surface area contributed by atoms with Gasteiger partial charge in [0.2, 0.25) is 0 Å². The maximum Gasteiger partial charge on any atom is 0.315 e. The maximum atomic E-state index is 11.5. The second-order valence-electron chi connectivity index (χ2n) is 5.04. The Hall–Kier alpha value is -1.71. The van der Waals surface area contributed by atoms with Gasteiger partial charge in [-0.05, 0) is 24.1 Å². The van der Waals surface area contributed by atoms with E-state index in [2.05, 4.69) is 17.6 Å². The van der Waals surface area contributed by atoms with Crippen LogP contribution in [0.1, 0.15) is 51.0 Å². The molecule has 0 radical (unpaired) electrons. The molecule has 0 aliphatic heterocycles. The van der Waals surface area contributed by atoms with Crippen LogP contribution in [0.4, 0.5) is 4.79 Å². The Morgan fingerprint density at radius 3 is 2.35 bits per heavy atom. The van der Waals surface area contributed by atoms with Crippen molar-refractivity contribution in [2.45, 2.75) is 52.0 Å². The average Bonchev–Trinajstić information content (AvgIpc) is 2.46. The molecule has 0 unspecified atom stereocenters. The van der Waals surface area contributed by atoms with Gasteiger partial charge in [-0.1, -0.05) is 51.2 Å². The lowest BCUT2D eigenvalue weighted by Gasteiger charge is -2.07. The first-order valence-electron chi connectivity index (χ1n) is 7.52. The van der Waals surface area contributed by atoms with Gasteiger partial charge in [0.25, 0.3) is 0 Å². The number of carbonyl (C=O) groups is 1. The Balaban J connectivity index is 2.01. The van der Waals surface area contributed by atoms with Gasteiger partial charge in [-0.25, -0.2) is 4.79 Å². The fourth-order valence-electron chi connectivity index (χ4n) is 1.97. The first kappa shape index (κ1) is 16.3. The molecule has 0 aliphatic carbocycles. The van der Waals surface area contributed by atoms with Gasteiger partial charge >= 0.3 is 6.03 Å². The molecular weight excluding hydrogens is 252 g/mol. The molecule has 3 N–H and O–H groups in total. The third-order valence-corrected chi connectivity index (χ3v) is 3.21. The van der Waals surface area contributed by atoms with E-state index in [9.17, 15) is 4.79 Å². The zero-order valence-electron chi connectivity index (χ0n) is 12.3. The van der Waals surface area contributed by atoms with Crippen molar-refractivity contribution in [1.29, 1.82) is 0 Å². The van der Waals surface area contributed by atoms with E-state index in [1.807, 2.05) is 0 Å². The maximum absolute atomic E-state index is 11.5. The van der Waals surface area contributed by atoms with Crippen LogP contribution in [-0.2, 0) is 6.54 Å². The van der Waals surface area contributed by atoms with Crippen molar-refractivity contribution < 1.29 is 9.90 Å². The molecule has 4 nitrogen and oxygen atoms in total. The average molecular weight is 278 g/mol. The number of rotatable bonds is 9. The predicted molar refractivity (Wildman–Crippen MR) is 81.7 cm³/mol. The number of carbonyl (C=O) groups excluding carboxylic acids is 1. The Morgan fingerprint density at radius 2 is 1.65 bits per heavy atom. The highest BCUT2D eigenvalue weighted by atomic mass is 16.3. The van der Waals surface area contributed by atoms with E-state index < -0.39 is 0 Å². The predicted octanol–water partition coefficient (Wildman–Crippen LogP) is 3.55. The van der Waals surface area contributed by atoms with E-state index in [-0.39, 0.29) is 11.8 Å². The molecule has 1 aromatic rings. The molecule has 0 aromatic heterocycles. The number of amides is 2. The Bertz CT molecular complexity index is 377. The normalized spacial score (nSPS) is 10.2. The number of hydrogen-bond donors (Lipinski definition) is 3. The number of phenolic OH excluding ortho intramolecular Hbond substituents is 1. The van der Waals surface area contributed by atoms with Gasteiger partial charge in [-0.2, -0.15) is 0 Å². The van der Waals surface area contributed by atoms with E-state index >= 15 is 0 Å². The summed E-state index contributed by atoms with van der Waals surface area (Å²) in [5, 5.41) is 14.8. The smallest absolute Gasteiger partial charge is 0.315 e. The lowest BCUT2D eigenvalue weighted by Crippen LogP contribution is -2.35. The Kier molecular flexibility index (Phi) is 8.27. The topological polar surface area (TPSA) is 61.4 Å². The van der Waals surface area contributed by atoms with E-state index in [1.54, 1.807) is 24.3 Å². The van der Waals surface area contributed by atoms with Gasteiger partial charge in [-0.15, -0.1) is 0 Å². The molecule has 0 aliphatic rings. The van der Waals surface area contributed by atoms with Crippen LogP contribution in [0.25, 0.3) is 0 Å². The molecule has 1 rings (SSSR count). The molecule has 0 bridgehead atoms. The minimum atomic E-state index is -0.133. The molecular formula is C16H26N2O2. The number of nitrogens with one attached hydrogen (secondary N) is 2. The lowest BCUT2D eigenvalue weighted by atomic mass is 10.1. The van der Waals surface area contributed by atoms with Crippen molar-refractivity contribution in [3.8, 4) is 5.75 Å². The molecule has 20 heavy (non-hydrogen) atoms. The van der Waals surface area contributed by atoms with Crippen LogP contribution in [0.2, 0.25) is 0 Å². The molecule has 0 atom stereocenters. The third kappa shape index (κ3) is 7.67. The summed E-state index contributed by atoms with van der Waals surface area (Å²) in [6.45, 7) is 3.41. The molecule has 0 saturated heterocycles. The van der Waals surface area contributed by atoms with Crippen LogP contribution in [-0.4, -0.2) is 17.7 Å². The third-order valence-electron chi connectivity index (χ3n) is 3.21. The summed E-state index contributed by atoms with van der Waals surface area (Å²) in [6, 6.07) is 6.69. The van der Waals surface area contributed by atoms with Crippen molar-refractivity contribution >= 4 is 6.03 Å². The van der Waals surface area contributed by atoms with Gasteiger partial charge in [0.1, 0.15) is 5.75 Å². The fourth-order valence-corrected chi connectivity index (χ4v) is 1.97. The Labute approximate surface area is 121 Å². The van der Waals surface area contributed by atoms with Crippen LogP contribution in [0.15, 0.2) is 24.3 Å². The summed E-state index contributed by atoms with van der Waals surface area (Å²) in [5.74, 6) is 0.237. The van der Waals surface area contributed by atoms with Crippen LogP contribution in [0, 0.1) is 0 Å². The molecule has 0 heterocycles. The molecule has 1 aromatic carbocycles. The summed E-state index contributed by atoms with van der Waals surface area (Å²) in [5.41, 5.74) is 0.970. The first-order valence-corrected chi connectivity index (χ1v) is 7.52.